The van der Waals surface area contributed by atoms with Crippen LogP contribution < -0.4 is 10.6 Å². The second-order valence-corrected chi connectivity index (χ2v) is 5.20. The quantitative estimate of drug-likeness (QED) is 0.846. The Morgan fingerprint density at radius 2 is 2.06 bits per heavy atom. The van der Waals surface area contributed by atoms with Crippen molar-refractivity contribution in [3.63, 3.8) is 0 Å². The Hall–Kier alpha value is -1.42. The topological polar surface area (TPSA) is 41.1 Å². The van der Waals surface area contributed by atoms with Crippen LogP contribution in [0.4, 0.5) is 10.1 Å². The molecule has 0 saturated carbocycles. The van der Waals surface area contributed by atoms with Crippen molar-refractivity contribution in [2.45, 2.75) is 26.7 Å². The number of nitrogens with one attached hydrogen (secondary N) is 2. The summed E-state index contributed by atoms with van der Waals surface area (Å²) < 4.78 is 13.8. The van der Waals surface area contributed by atoms with Gasteiger partial charge in [-0.25, -0.2) is 4.39 Å². The Morgan fingerprint density at radius 1 is 1.39 bits per heavy atom. The number of anilines is 1. The number of amides is 1. The number of hydrogen-bond donors (Lipinski definition) is 2. The monoisotopic (exact) mass is 250 g/mol. The van der Waals surface area contributed by atoms with Crippen LogP contribution in [0.2, 0.25) is 0 Å². The molecule has 0 aliphatic carbocycles. The van der Waals surface area contributed by atoms with Gasteiger partial charge < -0.3 is 10.6 Å². The van der Waals surface area contributed by atoms with Crippen molar-refractivity contribution in [2.75, 3.05) is 18.4 Å². The van der Waals surface area contributed by atoms with E-state index in [2.05, 4.69) is 10.6 Å². The van der Waals surface area contributed by atoms with Gasteiger partial charge in [0.25, 0.3) is 0 Å². The van der Waals surface area contributed by atoms with E-state index in [1.807, 2.05) is 6.92 Å². The van der Waals surface area contributed by atoms with Gasteiger partial charge in [-0.15, -0.1) is 0 Å². The first-order valence-electron chi connectivity index (χ1n) is 6.30. The van der Waals surface area contributed by atoms with Gasteiger partial charge in [-0.2, -0.15) is 0 Å². The van der Waals surface area contributed by atoms with Crippen LogP contribution in [-0.4, -0.2) is 19.0 Å². The van der Waals surface area contributed by atoms with E-state index >= 15 is 0 Å². The molecule has 0 unspecified atom stereocenters. The second-order valence-electron chi connectivity index (χ2n) is 5.20. The zero-order valence-corrected chi connectivity index (χ0v) is 10.8. The zero-order valence-electron chi connectivity index (χ0n) is 10.8. The molecule has 4 heteroatoms. The van der Waals surface area contributed by atoms with Crippen LogP contribution in [0.5, 0.6) is 0 Å². The van der Waals surface area contributed by atoms with Gasteiger partial charge >= 0.3 is 0 Å². The average Bonchev–Trinajstić information content (AvgIpc) is 2.36. The van der Waals surface area contributed by atoms with Crippen LogP contribution in [0.25, 0.3) is 0 Å². The molecule has 98 valence electrons. The lowest BCUT2D eigenvalue weighted by Gasteiger charge is -2.32. The number of hydrogen-bond acceptors (Lipinski definition) is 2. The van der Waals surface area contributed by atoms with Crippen LogP contribution in [-0.2, 0) is 4.79 Å². The summed E-state index contributed by atoms with van der Waals surface area (Å²) >= 11 is 0. The summed E-state index contributed by atoms with van der Waals surface area (Å²) in [5, 5.41) is 5.94. The molecule has 1 amide bonds. The minimum Gasteiger partial charge on any atom is -0.323 e. The molecule has 2 N–H and O–H groups in total. The molecule has 3 nitrogen and oxygen atoms in total. The summed E-state index contributed by atoms with van der Waals surface area (Å²) in [6.07, 6.45) is 1.57. The highest BCUT2D eigenvalue weighted by Gasteiger charge is 2.34. The Kier molecular flexibility index (Phi) is 3.66. The van der Waals surface area contributed by atoms with Crippen LogP contribution in [0.3, 0.4) is 0 Å². The molecule has 1 heterocycles. The maximum atomic E-state index is 13.8. The molecule has 0 spiro atoms. The predicted octanol–water partition coefficient (Wildman–Crippen LogP) is 2.46. The number of rotatable bonds is 2. The molecule has 2 rings (SSSR count). The molecular weight excluding hydrogens is 231 g/mol. The molecule has 1 aliphatic heterocycles. The van der Waals surface area contributed by atoms with E-state index in [-0.39, 0.29) is 17.4 Å². The highest BCUT2D eigenvalue weighted by molar-refractivity contribution is 5.95. The van der Waals surface area contributed by atoms with Gasteiger partial charge in [0.2, 0.25) is 5.91 Å². The van der Waals surface area contributed by atoms with E-state index in [9.17, 15) is 9.18 Å². The molecule has 1 aromatic carbocycles. The highest BCUT2D eigenvalue weighted by atomic mass is 19.1. The van der Waals surface area contributed by atoms with Crippen molar-refractivity contribution in [3.05, 3.63) is 29.6 Å². The third-order valence-electron chi connectivity index (χ3n) is 3.70. The van der Waals surface area contributed by atoms with E-state index in [1.165, 1.54) is 0 Å². The normalized spacial score (nSPS) is 18.4. The summed E-state index contributed by atoms with van der Waals surface area (Å²) in [4.78, 5) is 12.2. The van der Waals surface area contributed by atoms with Crippen LogP contribution >= 0.6 is 0 Å². The zero-order chi connectivity index (χ0) is 13.2. The summed E-state index contributed by atoms with van der Waals surface area (Å²) in [5.74, 6) is -0.433. The minimum absolute atomic E-state index is 0.0894. The fourth-order valence-electron chi connectivity index (χ4n) is 2.22. The van der Waals surface area contributed by atoms with Gasteiger partial charge in [-0.05, 0) is 44.5 Å². The largest absolute Gasteiger partial charge is 0.323 e. The third-order valence-corrected chi connectivity index (χ3v) is 3.70. The Morgan fingerprint density at radius 3 is 2.72 bits per heavy atom. The summed E-state index contributed by atoms with van der Waals surface area (Å²) in [6.45, 7) is 5.30. The van der Waals surface area contributed by atoms with Crippen LogP contribution in [0, 0.1) is 18.2 Å². The molecule has 1 fully saturated rings. The van der Waals surface area contributed by atoms with E-state index in [1.54, 1.807) is 25.1 Å². The summed E-state index contributed by atoms with van der Waals surface area (Å²) in [7, 11) is 0. The average molecular weight is 250 g/mol. The lowest BCUT2D eigenvalue weighted by Crippen LogP contribution is -2.43. The van der Waals surface area contributed by atoms with Gasteiger partial charge in [0.15, 0.2) is 0 Å². The van der Waals surface area contributed by atoms with Crippen molar-refractivity contribution in [3.8, 4) is 0 Å². The maximum absolute atomic E-state index is 13.8. The molecule has 0 aromatic heterocycles. The SMILES string of the molecule is Cc1cccc(NC(=O)C2(C)CCNCC2)c1F. The van der Waals surface area contributed by atoms with Crippen molar-refractivity contribution in [1.29, 1.82) is 0 Å². The second kappa shape index (κ2) is 5.06. The van der Waals surface area contributed by atoms with E-state index < -0.39 is 5.41 Å². The molecule has 0 atom stereocenters. The minimum atomic E-state index is -0.401. The van der Waals surface area contributed by atoms with Gasteiger partial charge in [0.05, 0.1) is 5.69 Å². The maximum Gasteiger partial charge on any atom is 0.230 e. The number of carbonyl (C=O) groups is 1. The molecule has 1 saturated heterocycles. The molecule has 0 bridgehead atoms. The smallest absolute Gasteiger partial charge is 0.230 e. The Balaban J connectivity index is 2.13. The van der Waals surface area contributed by atoms with Crippen molar-refractivity contribution in [1.82, 2.24) is 5.32 Å². The predicted molar refractivity (Wildman–Crippen MR) is 70.0 cm³/mol. The summed E-state index contributed by atoms with van der Waals surface area (Å²) in [5.41, 5.74) is 0.421. The molecule has 1 aromatic rings. The molecule has 0 radical (unpaired) electrons. The van der Waals surface area contributed by atoms with Crippen LogP contribution in [0.1, 0.15) is 25.3 Å². The number of aryl methyl sites for hydroxylation is 1. The Labute approximate surface area is 107 Å². The lowest BCUT2D eigenvalue weighted by atomic mass is 9.80. The molecule has 18 heavy (non-hydrogen) atoms. The Bertz CT molecular complexity index is 453. The van der Waals surface area contributed by atoms with Crippen molar-refractivity contribution >= 4 is 11.6 Å². The first kappa shape index (κ1) is 13.0. The number of benzene rings is 1. The number of carbonyl (C=O) groups excluding carboxylic acids is 1. The molecular formula is C14H19FN2O. The van der Waals surface area contributed by atoms with E-state index in [0.29, 0.717) is 5.56 Å². The standard InChI is InChI=1S/C14H19FN2O/c1-10-4-3-5-11(12(10)15)17-13(18)14(2)6-8-16-9-7-14/h3-5,16H,6-9H2,1-2H3,(H,17,18). The summed E-state index contributed by atoms with van der Waals surface area (Å²) in [6, 6.07) is 5.04. The number of piperidine rings is 1. The van der Waals surface area contributed by atoms with Gasteiger partial charge in [0, 0.05) is 5.41 Å². The lowest BCUT2D eigenvalue weighted by molar-refractivity contribution is -0.126. The molecule has 1 aliphatic rings. The van der Waals surface area contributed by atoms with Gasteiger partial charge in [-0.3, -0.25) is 4.79 Å². The fraction of sp³-hybridized carbons (Fsp3) is 0.500. The third kappa shape index (κ3) is 2.53. The van der Waals surface area contributed by atoms with Crippen molar-refractivity contribution < 1.29 is 9.18 Å². The fourth-order valence-corrected chi connectivity index (χ4v) is 2.22. The van der Waals surface area contributed by atoms with Gasteiger partial charge in [0.1, 0.15) is 5.82 Å². The van der Waals surface area contributed by atoms with Crippen LogP contribution in [0.15, 0.2) is 18.2 Å². The van der Waals surface area contributed by atoms with Gasteiger partial charge in [-0.1, -0.05) is 19.1 Å². The first-order valence-corrected chi connectivity index (χ1v) is 6.30. The van der Waals surface area contributed by atoms with E-state index in [0.717, 1.165) is 25.9 Å². The highest BCUT2D eigenvalue weighted by Crippen LogP contribution is 2.30. The first-order chi connectivity index (χ1) is 8.53. The number of halogens is 1. The van der Waals surface area contributed by atoms with E-state index in [4.69, 9.17) is 0 Å². The van der Waals surface area contributed by atoms with Crippen molar-refractivity contribution in [2.24, 2.45) is 5.41 Å².